The highest BCUT2D eigenvalue weighted by Crippen LogP contribution is 2.38. The highest BCUT2D eigenvalue weighted by Gasteiger charge is 2.43. The molecule has 0 bridgehead atoms. The van der Waals surface area contributed by atoms with Crippen LogP contribution < -0.4 is 10.1 Å². The van der Waals surface area contributed by atoms with E-state index in [4.69, 9.17) is 21.1 Å². The number of amides is 2. The summed E-state index contributed by atoms with van der Waals surface area (Å²) in [4.78, 5) is 26.1. The van der Waals surface area contributed by atoms with Crippen molar-refractivity contribution in [3.63, 3.8) is 0 Å². The third-order valence-electron chi connectivity index (χ3n) is 5.03. The average Bonchev–Trinajstić information content (AvgIpc) is 3.13. The zero-order valence-electron chi connectivity index (χ0n) is 16.3. The zero-order valence-corrected chi connectivity index (χ0v) is 17.1. The number of ether oxygens (including phenoxy) is 2. The van der Waals surface area contributed by atoms with Crippen LogP contribution in [0.4, 0.5) is 9.18 Å². The van der Waals surface area contributed by atoms with Crippen molar-refractivity contribution in [1.82, 2.24) is 10.2 Å². The van der Waals surface area contributed by atoms with E-state index < -0.39 is 11.4 Å². The van der Waals surface area contributed by atoms with Gasteiger partial charge in [0.15, 0.2) is 6.61 Å². The van der Waals surface area contributed by atoms with Gasteiger partial charge in [0, 0.05) is 25.2 Å². The Morgan fingerprint density at radius 1 is 1.25 bits per heavy atom. The minimum atomic E-state index is -0.585. The highest BCUT2D eigenvalue weighted by molar-refractivity contribution is 6.30. The molecule has 1 N–H and O–H groups in total. The SMILES string of the molecule is CC(C)(C)OC(=O)N1C[C@H]2CC(NC(=O)COc3ccc(Cl)c(F)c3)C[C@H]2C1. The van der Waals surface area contributed by atoms with E-state index in [0.29, 0.717) is 24.9 Å². The fraction of sp³-hybridized carbons (Fsp3) is 0.600. The molecule has 1 saturated carbocycles. The average molecular weight is 413 g/mol. The van der Waals surface area contributed by atoms with Crippen molar-refractivity contribution in [2.45, 2.75) is 45.3 Å². The standard InChI is InChI=1S/C20H26ClFN2O4/c1-20(2,3)28-19(26)24-9-12-6-14(7-13(12)10-24)23-18(25)11-27-15-4-5-16(21)17(22)8-15/h4-5,8,12-14H,6-7,9-11H2,1-3H3,(H,23,25)/t12-,13+,14?. The van der Waals surface area contributed by atoms with Crippen molar-refractivity contribution in [2.75, 3.05) is 19.7 Å². The van der Waals surface area contributed by atoms with Crippen LogP contribution in [0.25, 0.3) is 0 Å². The molecular formula is C20H26ClFN2O4. The molecule has 1 aliphatic carbocycles. The number of likely N-dealkylation sites (tertiary alicyclic amines) is 1. The number of hydrogen-bond donors (Lipinski definition) is 1. The lowest BCUT2D eigenvalue weighted by Crippen LogP contribution is -2.39. The summed E-state index contributed by atoms with van der Waals surface area (Å²) in [5.41, 5.74) is -0.502. The molecule has 1 unspecified atom stereocenters. The largest absolute Gasteiger partial charge is 0.484 e. The Labute approximate surface area is 169 Å². The number of halogens is 2. The minimum absolute atomic E-state index is 0.00900. The van der Waals surface area contributed by atoms with Crippen LogP contribution in [0.3, 0.4) is 0 Å². The molecule has 3 atom stereocenters. The van der Waals surface area contributed by atoms with Crippen molar-refractivity contribution in [3.8, 4) is 5.75 Å². The Hall–Kier alpha value is -2.02. The normalized spacial score (nSPS) is 24.0. The molecule has 2 fully saturated rings. The monoisotopic (exact) mass is 412 g/mol. The van der Waals surface area contributed by atoms with Gasteiger partial charge in [0.25, 0.3) is 5.91 Å². The number of nitrogens with one attached hydrogen (secondary N) is 1. The number of fused-ring (bicyclic) bond motifs is 1. The lowest BCUT2D eigenvalue weighted by Gasteiger charge is -2.25. The van der Waals surface area contributed by atoms with Crippen LogP contribution in [0.5, 0.6) is 5.75 Å². The number of nitrogens with zero attached hydrogens (tertiary/aromatic N) is 1. The van der Waals surface area contributed by atoms with Gasteiger partial charge in [0.05, 0.1) is 5.02 Å². The van der Waals surface area contributed by atoms with Crippen molar-refractivity contribution in [2.24, 2.45) is 11.8 Å². The topological polar surface area (TPSA) is 67.9 Å². The Morgan fingerprint density at radius 2 is 1.89 bits per heavy atom. The zero-order chi connectivity index (χ0) is 20.5. The molecule has 2 amide bonds. The Balaban J connectivity index is 1.42. The van der Waals surface area contributed by atoms with Gasteiger partial charge < -0.3 is 19.7 Å². The summed E-state index contributed by atoms with van der Waals surface area (Å²) in [7, 11) is 0. The van der Waals surface area contributed by atoms with Crippen LogP contribution in [0.1, 0.15) is 33.6 Å². The summed E-state index contributed by atoms with van der Waals surface area (Å²) in [6.45, 7) is 6.70. The van der Waals surface area contributed by atoms with E-state index >= 15 is 0 Å². The van der Waals surface area contributed by atoms with E-state index in [1.54, 1.807) is 4.90 Å². The van der Waals surface area contributed by atoms with E-state index in [1.807, 2.05) is 20.8 Å². The van der Waals surface area contributed by atoms with Gasteiger partial charge in [-0.1, -0.05) is 11.6 Å². The molecule has 0 spiro atoms. The second-order valence-electron chi connectivity index (χ2n) is 8.51. The maximum atomic E-state index is 13.4. The molecule has 0 radical (unpaired) electrons. The predicted octanol–water partition coefficient (Wildman–Crippen LogP) is 3.62. The van der Waals surface area contributed by atoms with Gasteiger partial charge >= 0.3 is 6.09 Å². The molecule has 2 aliphatic rings. The quantitative estimate of drug-likeness (QED) is 0.820. The summed E-state index contributed by atoms with van der Waals surface area (Å²) in [6.07, 6.45) is 1.38. The van der Waals surface area contributed by atoms with Crippen LogP contribution >= 0.6 is 11.6 Å². The number of benzene rings is 1. The summed E-state index contributed by atoms with van der Waals surface area (Å²) in [5, 5.41) is 2.98. The maximum absolute atomic E-state index is 13.4. The highest BCUT2D eigenvalue weighted by atomic mass is 35.5. The summed E-state index contributed by atoms with van der Waals surface area (Å²) < 4.78 is 24.1. The Kier molecular flexibility index (Phi) is 6.03. The van der Waals surface area contributed by atoms with E-state index in [2.05, 4.69) is 5.32 Å². The van der Waals surface area contributed by atoms with Gasteiger partial charge in [-0.15, -0.1) is 0 Å². The molecule has 154 valence electrons. The van der Waals surface area contributed by atoms with E-state index in [1.165, 1.54) is 12.1 Å². The van der Waals surface area contributed by atoms with Gasteiger partial charge in [-0.2, -0.15) is 0 Å². The van der Waals surface area contributed by atoms with Gasteiger partial charge in [-0.3, -0.25) is 4.79 Å². The molecule has 6 nitrogen and oxygen atoms in total. The van der Waals surface area contributed by atoms with Crippen molar-refractivity contribution in [1.29, 1.82) is 0 Å². The molecule has 1 heterocycles. The van der Waals surface area contributed by atoms with Crippen LogP contribution in [0, 0.1) is 17.7 Å². The fourth-order valence-electron chi connectivity index (χ4n) is 3.88. The smallest absolute Gasteiger partial charge is 0.410 e. The lowest BCUT2D eigenvalue weighted by atomic mass is 10.0. The maximum Gasteiger partial charge on any atom is 0.410 e. The first-order valence-electron chi connectivity index (χ1n) is 9.46. The third-order valence-corrected chi connectivity index (χ3v) is 5.34. The second kappa shape index (κ2) is 8.15. The van der Waals surface area contributed by atoms with E-state index in [0.717, 1.165) is 18.9 Å². The number of carbonyl (C=O) groups is 2. The lowest BCUT2D eigenvalue weighted by molar-refractivity contribution is -0.123. The third kappa shape index (κ3) is 5.28. The number of hydrogen-bond acceptors (Lipinski definition) is 4. The van der Waals surface area contributed by atoms with Gasteiger partial charge in [-0.05, 0) is 57.6 Å². The predicted molar refractivity (Wildman–Crippen MR) is 103 cm³/mol. The summed E-state index contributed by atoms with van der Waals surface area (Å²) >= 11 is 5.62. The molecule has 8 heteroatoms. The van der Waals surface area contributed by atoms with Crippen LogP contribution in [0.15, 0.2) is 18.2 Å². The van der Waals surface area contributed by atoms with E-state index in [-0.39, 0.29) is 35.4 Å². The van der Waals surface area contributed by atoms with Crippen LogP contribution in [-0.4, -0.2) is 48.2 Å². The van der Waals surface area contributed by atoms with Crippen molar-refractivity contribution in [3.05, 3.63) is 29.0 Å². The molecule has 1 aromatic carbocycles. The summed E-state index contributed by atoms with van der Waals surface area (Å²) in [6, 6.07) is 4.12. The molecule has 1 aliphatic heterocycles. The Morgan fingerprint density at radius 3 is 2.46 bits per heavy atom. The minimum Gasteiger partial charge on any atom is -0.484 e. The summed E-state index contributed by atoms with van der Waals surface area (Å²) in [5.74, 6) is 0.156. The second-order valence-corrected chi connectivity index (χ2v) is 8.91. The molecule has 0 aromatic heterocycles. The van der Waals surface area contributed by atoms with Crippen molar-refractivity contribution >= 4 is 23.6 Å². The van der Waals surface area contributed by atoms with E-state index in [9.17, 15) is 14.0 Å². The van der Waals surface area contributed by atoms with Gasteiger partial charge in [0.1, 0.15) is 17.2 Å². The number of rotatable bonds is 4. The Bertz CT molecular complexity index is 738. The first-order valence-corrected chi connectivity index (χ1v) is 9.83. The first kappa shape index (κ1) is 20.7. The number of carbonyl (C=O) groups excluding carboxylic acids is 2. The van der Waals surface area contributed by atoms with Gasteiger partial charge in [-0.25, -0.2) is 9.18 Å². The molecule has 28 heavy (non-hydrogen) atoms. The van der Waals surface area contributed by atoms with Crippen LogP contribution in [-0.2, 0) is 9.53 Å². The first-order chi connectivity index (χ1) is 13.1. The van der Waals surface area contributed by atoms with Crippen molar-refractivity contribution < 1.29 is 23.5 Å². The molecule has 3 rings (SSSR count). The molecule has 1 aromatic rings. The fourth-order valence-corrected chi connectivity index (χ4v) is 4.00. The van der Waals surface area contributed by atoms with Crippen LogP contribution in [0.2, 0.25) is 5.02 Å². The molecular weight excluding hydrogens is 387 g/mol. The molecule has 1 saturated heterocycles. The van der Waals surface area contributed by atoms with Gasteiger partial charge in [0.2, 0.25) is 0 Å².